The molecule has 0 aromatic heterocycles. The molecule has 0 nitrogen and oxygen atoms in total. The molecule has 0 spiro atoms. The zero-order chi connectivity index (χ0) is 8.48. The Morgan fingerprint density at radius 2 is 1.50 bits per heavy atom. The van der Waals surface area contributed by atoms with Crippen LogP contribution in [-0.2, 0) is 0 Å². The Balaban J connectivity index is 0.00000121. The predicted octanol–water partition coefficient (Wildman–Crippen LogP) is -0.469. The van der Waals surface area contributed by atoms with Crippen molar-refractivity contribution in [2.75, 3.05) is 20.0 Å². The lowest BCUT2D eigenvalue weighted by Gasteiger charge is -2.13. The molecule has 0 heterocycles. The van der Waals surface area contributed by atoms with Crippen LogP contribution < -0.4 is 22.3 Å². The molecule has 0 unspecified atom stereocenters. The molecule has 1 aromatic rings. The molecule has 12 heavy (non-hydrogen) atoms. The molecule has 0 aliphatic heterocycles. The topological polar surface area (TPSA) is 0 Å². The van der Waals surface area contributed by atoms with Crippen LogP contribution >= 0.6 is 7.26 Å². The fourth-order valence-corrected chi connectivity index (χ4v) is 2.98. The summed E-state index contributed by atoms with van der Waals surface area (Å²) < 4.78 is 0. The van der Waals surface area contributed by atoms with Crippen LogP contribution in [0.15, 0.2) is 24.3 Å². The molecule has 68 valence electrons. The number of rotatable bonds is 1. The van der Waals surface area contributed by atoms with Crippen molar-refractivity contribution in [2.24, 2.45) is 0 Å². The Morgan fingerprint density at radius 3 is 1.83 bits per heavy atom. The van der Waals surface area contributed by atoms with Gasteiger partial charge in [-0.15, -0.1) is 0 Å². The molecule has 1 aromatic carbocycles. The molecule has 0 N–H and O–H groups in total. The van der Waals surface area contributed by atoms with Gasteiger partial charge in [0, 0.05) is 7.26 Å². The minimum absolute atomic E-state index is 0. The molecule has 0 aliphatic rings. The van der Waals surface area contributed by atoms with E-state index in [-0.39, 0.29) is 17.0 Å². The monoisotopic (exact) mass is 246 g/mol. The molecule has 0 saturated carbocycles. The van der Waals surface area contributed by atoms with E-state index in [0.717, 1.165) is 0 Å². The van der Waals surface area contributed by atoms with Gasteiger partial charge in [0.1, 0.15) is 0 Å². The third kappa shape index (κ3) is 2.88. The van der Waals surface area contributed by atoms with E-state index in [1.807, 2.05) is 0 Å². The number of hydrogen-bond acceptors (Lipinski definition) is 0. The maximum absolute atomic E-state index is 2.36. The lowest BCUT2D eigenvalue weighted by atomic mass is 10.2. The number of hydrogen-bond donors (Lipinski definition) is 0. The molecule has 0 aliphatic carbocycles. The summed E-state index contributed by atoms with van der Waals surface area (Å²) in [5.74, 6) is 0. The molecule has 0 radical (unpaired) electrons. The standard InChI is InChI=1S/C10H16P.BrH/c1-9-7-5-6-8-10(9)11(2,3)4;/h5-8H,1-4H3;1H/q+1;/p-1. The van der Waals surface area contributed by atoms with E-state index in [2.05, 4.69) is 51.2 Å². The van der Waals surface area contributed by atoms with Gasteiger partial charge in [-0.1, -0.05) is 18.2 Å². The van der Waals surface area contributed by atoms with Gasteiger partial charge < -0.3 is 17.0 Å². The first kappa shape index (κ1) is 12.1. The van der Waals surface area contributed by atoms with Crippen molar-refractivity contribution in [2.45, 2.75) is 6.92 Å². The van der Waals surface area contributed by atoms with Crippen LogP contribution in [0.2, 0.25) is 0 Å². The zero-order valence-electron chi connectivity index (χ0n) is 8.13. The number of halogens is 1. The van der Waals surface area contributed by atoms with E-state index < -0.39 is 7.26 Å². The largest absolute Gasteiger partial charge is 1.00 e. The fourth-order valence-electron chi connectivity index (χ4n) is 1.32. The van der Waals surface area contributed by atoms with Crippen LogP contribution in [0.1, 0.15) is 5.56 Å². The average molecular weight is 247 g/mol. The van der Waals surface area contributed by atoms with Crippen molar-refractivity contribution < 1.29 is 17.0 Å². The van der Waals surface area contributed by atoms with Crippen molar-refractivity contribution in [1.29, 1.82) is 0 Å². The van der Waals surface area contributed by atoms with Crippen LogP contribution in [0.4, 0.5) is 0 Å². The van der Waals surface area contributed by atoms with Gasteiger partial charge in [0.25, 0.3) is 0 Å². The van der Waals surface area contributed by atoms with Crippen molar-refractivity contribution in [3.8, 4) is 0 Å². The van der Waals surface area contributed by atoms with Crippen molar-refractivity contribution >= 4 is 12.6 Å². The van der Waals surface area contributed by atoms with Gasteiger partial charge in [0.05, 0.1) is 25.3 Å². The lowest BCUT2D eigenvalue weighted by molar-refractivity contribution is -0.00000257. The van der Waals surface area contributed by atoms with Crippen molar-refractivity contribution in [3.63, 3.8) is 0 Å². The molecule has 1 rings (SSSR count). The third-order valence-corrected chi connectivity index (χ3v) is 3.79. The number of benzene rings is 1. The van der Waals surface area contributed by atoms with Gasteiger partial charge in [0.15, 0.2) is 0 Å². The maximum atomic E-state index is 2.36. The molecular weight excluding hydrogens is 231 g/mol. The average Bonchev–Trinajstić information content (AvgIpc) is 1.86. The van der Waals surface area contributed by atoms with Gasteiger partial charge >= 0.3 is 0 Å². The van der Waals surface area contributed by atoms with E-state index in [4.69, 9.17) is 0 Å². The van der Waals surface area contributed by atoms with Gasteiger partial charge in [-0.25, -0.2) is 0 Å². The van der Waals surface area contributed by atoms with Crippen LogP contribution in [0, 0.1) is 6.92 Å². The van der Waals surface area contributed by atoms with Gasteiger partial charge in [-0.2, -0.15) is 0 Å². The highest BCUT2D eigenvalue weighted by molar-refractivity contribution is 7.81. The Morgan fingerprint density at radius 1 is 1.00 bits per heavy atom. The molecule has 0 fully saturated rings. The number of aryl methyl sites for hydroxylation is 1. The SMILES string of the molecule is Cc1ccccc1[P+](C)(C)C.[Br-]. The maximum Gasteiger partial charge on any atom is 0.0959 e. The van der Waals surface area contributed by atoms with Crippen LogP contribution in [0.3, 0.4) is 0 Å². The predicted molar refractivity (Wildman–Crippen MR) is 55.5 cm³/mol. The second-order valence-electron chi connectivity index (χ2n) is 3.80. The molecule has 2 heteroatoms. The lowest BCUT2D eigenvalue weighted by Crippen LogP contribution is -3.00. The van der Waals surface area contributed by atoms with E-state index in [1.165, 1.54) is 5.56 Å². The minimum Gasteiger partial charge on any atom is -1.00 e. The van der Waals surface area contributed by atoms with Crippen LogP contribution in [0.5, 0.6) is 0 Å². The molecule has 0 atom stereocenters. The summed E-state index contributed by atoms with van der Waals surface area (Å²) in [6, 6.07) is 8.69. The highest BCUT2D eigenvalue weighted by Crippen LogP contribution is 2.45. The summed E-state index contributed by atoms with van der Waals surface area (Å²) >= 11 is 0. The third-order valence-electron chi connectivity index (χ3n) is 1.84. The second-order valence-corrected chi connectivity index (χ2v) is 8.31. The molecular formula is C10H16BrP. The van der Waals surface area contributed by atoms with Crippen LogP contribution in [0.25, 0.3) is 0 Å². The second kappa shape index (κ2) is 4.39. The smallest absolute Gasteiger partial charge is 0.0959 e. The Kier molecular flexibility index (Phi) is 4.44. The summed E-state index contributed by atoms with van der Waals surface area (Å²) in [6.45, 7) is 9.26. The summed E-state index contributed by atoms with van der Waals surface area (Å²) in [5.41, 5.74) is 1.44. The zero-order valence-corrected chi connectivity index (χ0v) is 10.6. The van der Waals surface area contributed by atoms with E-state index in [0.29, 0.717) is 0 Å². The highest BCUT2D eigenvalue weighted by Gasteiger charge is 2.22. The van der Waals surface area contributed by atoms with Gasteiger partial charge in [0.2, 0.25) is 0 Å². The summed E-state index contributed by atoms with van der Waals surface area (Å²) in [5, 5.41) is 1.56. The van der Waals surface area contributed by atoms with Crippen molar-refractivity contribution in [3.05, 3.63) is 29.8 Å². The molecule has 0 amide bonds. The van der Waals surface area contributed by atoms with E-state index >= 15 is 0 Å². The fraction of sp³-hybridized carbons (Fsp3) is 0.400. The first-order chi connectivity index (χ1) is 5.02. The summed E-state index contributed by atoms with van der Waals surface area (Å²) in [7, 11) is -0.806. The first-order valence-corrected chi connectivity index (χ1v) is 7.02. The Labute approximate surface area is 86.5 Å². The van der Waals surface area contributed by atoms with E-state index in [9.17, 15) is 0 Å². The Hall–Kier alpha value is 0.130. The van der Waals surface area contributed by atoms with Gasteiger partial charge in [-0.05, 0) is 18.6 Å². The minimum atomic E-state index is -0.806. The summed E-state index contributed by atoms with van der Waals surface area (Å²) in [4.78, 5) is 0. The van der Waals surface area contributed by atoms with E-state index in [1.54, 1.807) is 5.30 Å². The van der Waals surface area contributed by atoms with Crippen molar-refractivity contribution in [1.82, 2.24) is 0 Å². The normalized spacial score (nSPS) is 10.7. The van der Waals surface area contributed by atoms with Crippen LogP contribution in [-0.4, -0.2) is 20.0 Å². The quantitative estimate of drug-likeness (QED) is 0.589. The molecule has 0 bridgehead atoms. The molecule has 0 saturated heterocycles. The first-order valence-electron chi connectivity index (χ1n) is 3.89. The Bertz CT molecular complexity index is 250. The highest BCUT2D eigenvalue weighted by atomic mass is 79.9. The summed E-state index contributed by atoms with van der Waals surface area (Å²) in [6.07, 6.45) is 0. The van der Waals surface area contributed by atoms with Gasteiger partial charge in [-0.3, -0.25) is 0 Å².